The van der Waals surface area contributed by atoms with Gasteiger partial charge in [-0.1, -0.05) is 6.07 Å². The average molecular weight is 333 g/mol. The molecule has 0 bridgehead atoms. The summed E-state index contributed by atoms with van der Waals surface area (Å²) in [6, 6.07) is 6.40. The predicted molar refractivity (Wildman–Crippen MR) is 97.2 cm³/mol. The zero-order chi connectivity index (χ0) is 16.8. The maximum absolute atomic E-state index is 6.28. The first-order valence-electron chi connectivity index (χ1n) is 9.20. The molecule has 5 nitrogen and oxygen atoms in total. The first kappa shape index (κ1) is 17.5. The summed E-state index contributed by atoms with van der Waals surface area (Å²) in [5, 5.41) is 3.40. The molecule has 0 radical (unpaired) electrons. The summed E-state index contributed by atoms with van der Waals surface area (Å²) in [6.45, 7) is 7.83. The van der Waals surface area contributed by atoms with E-state index in [2.05, 4.69) is 40.4 Å². The molecular formula is C19H31N3O2. The molecule has 2 fully saturated rings. The number of nitrogens with one attached hydrogen (secondary N) is 1. The van der Waals surface area contributed by atoms with Crippen LogP contribution in [0.1, 0.15) is 18.4 Å². The molecule has 0 aromatic heterocycles. The Morgan fingerprint density at radius 3 is 2.54 bits per heavy atom. The number of piperidine rings is 1. The van der Waals surface area contributed by atoms with Gasteiger partial charge in [-0.2, -0.15) is 0 Å². The monoisotopic (exact) mass is 333 g/mol. The quantitative estimate of drug-likeness (QED) is 0.856. The second-order valence-corrected chi connectivity index (χ2v) is 6.95. The Bertz CT molecular complexity index is 509. The number of rotatable bonds is 6. The number of benzene rings is 1. The van der Waals surface area contributed by atoms with Crippen molar-refractivity contribution in [1.82, 2.24) is 15.1 Å². The molecule has 2 saturated heterocycles. The standard InChI is InChI=1S/C19H31N3O2/c1-21-10-6-17(7-11-21)24-19-15-16(3-4-18(19)23-2)5-12-22-13-8-20-9-14-22/h3-4,15,17,20H,5-14H2,1-2H3. The van der Waals surface area contributed by atoms with E-state index in [1.54, 1.807) is 7.11 Å². The lowest BCUT2D eigenvalue weighted by atomic mass is 10.1. The summed E-state index contributed by atoms with van der Waals surface area (Å²) in [4.78, 5) is 4.89. The highest BCUT2D eigenvalue weighted by Crippen LogP contribution is 2.31. The summed E-state index contributed by atoms with van der Waals surface area (Å²) in [5.74, 6) is 1.75. The number of likely N-dealkylation sites (tertiary alicyclic amines) is 1. The third-order valence-corrected chi connectivity index (χ3v) is 5.11. The zero-order valence-corrected chi connectivity index (χ0v) is 15.1. The molecule has 1 aromatic carbocycles. The van der Waals surface area contributed by atoms with E-state index in [-0.39, 0.29) is 0 Å². The molecular weight excluding hydrogens is 302 g/mol. The fourth-order valence-electron chi connectivity index (χ4n) is 3.47. The normalized spacial score (nSPS) is 20.9. The number of hydrogen-bond donors (Lipinski definition) is 1. The summed E-state index contributed by atoms with van der Waals surface area (Å²) in [5.41, 5.74) is 1.33. The van der Waals surface area contributed by atoms with Crippen LogP contribution in [0.5, 0.6) is 11.5 Å². The Morgan fingerprint density at radius 1 is 1.08 bits per heavy atom. The van der Waals surface area contributed by atoms with Gasteiger partial charge in [0.2, 0.25) is 0 Å². The molecule has 1 N–H and O–H groups in total. The van der Waals surface area contributed by atoms with Crippen molar-refractivity contribution >= 4 is 0 Å². The average Bonchev–Trinajstić information content (AvgIpc) is 2.63. The van der Waals surface area contributed by atoms with Crippen molar-refractivity contribution in [2.45, 2.75) is 25.4 Å². The van der Waals surface area contributed by atoms with E-state index in [9.17, 15) is 0 Å². The van der Waals surface area contributed by atoms with Crippen LogP contribution in [0.2, 0.25) is 0 Å². The van der Waals surface area contributed by atoms with Crippen molar-refractivity contribution in [2.24, 2.45) is 0 Å². The number of ether oxygens (including phenoxy) is 2. The molecule has 0 saturated carbocycles. The van der Waals surface area contributed by atoms with Gasteiger partial charge in [-0.25, -0.2) is 0 Å². The van der Waals surface area contributed by atoms with E-state index in [1.165, 1.54) is 5.56 Å². The second kappa shape index (κ2) is 8.70. The lowest BCUT2D eigenvalue weighted by molar-refractivity contribution is 0.111. The van der Waals surface area contributed by atoms with Crippen molar-refractivity contribution in [3.8, 4) is 11.5 Å². The van der Waals surface area contributed by atoms with Crippen LogP contribution < -0.4 is 14.8 Å². The fourth-order valence-corrected chi connectivity index (χ4v) is 3.47. The van der Waals surface area contributed by atoms with Crippen molar-refractivity contribution in [3.05, 3.63) is 23.8 Å². The molecule has 2 aliphatic rings. The highest BCUT2D eigenvalue weighted by molar-refractivity contribution is 5.43. The minimum absolute atomic E-state index is 0.304. The molecule has 1 aromatic rings. The molecule has 0 aliphatic carbocycles. The third kappa shape index (κ3) is 4.85. The van der Waals surface area contributed by atoms with E-state index in [4.69, 9.17) is 9.47 Å². The van der Waals surface area contributed by atoms with Gasteiger partial charge in [0.15, 0.2) is 11.5 Å². The highest BCUT2D eigenvalue weighted by Gasteiger charge is 2.20. The van der Waals surface area contributed by atoms with Crippen LogP contribution in [0.25, 0.3) is 0 Å². The topological polar surface area (TPSA) is 37.0 Å². The van der Waals surface area contributed by atoms with Gasteiger partial charge in [0.25, 0.3) is 0 Å². The van der Waals surface area contributed by atoms with Gasteiger partial charge in [-0.05, 0) is 44.0 Å². The maximum Gasteiger partial charge on any atom is 0.161 e. The molecule has 2 aliphatic heterocycles. The summed E-state index contributed by atoms with van der Waals surface area (Å²) in [6.07, 6.45) is 3.54. The molecule has 134 valence electrons. The summed E-state index contributed by atoms with van der Waals surface area (Å²) < 4.78 is 11.8. The maximum atomic E-state index is 6.28. The molecule has 24 heavy (non-hydrogen) atoms. The molecule has 3 rings (SSSR count). The van der Waals surface area contributed by atoms with Crippen LogP contribution in [0.15, 0.2) is 18.2 Å². The van der Waals surface area contributed by atoms with Gasteiger partial charge in [0.05, 0.1) is 7.11 Å². The van der Waals surface area contributed by atoms with Crippen molar-refractivity contribution < 1.29 is 9.47 Å². The highest BCUT2D eigenvalue weighted by atomic mass is 16.5. The Hall–Kier alpha value is -1.30. The number of methoxy groups -OCH3 is 1. The third-order valence-electron chi connectivity index (χ3n) is 5.11. The second-order valence-electron chi connectivity index (χ2n) is 6.95. The van der Waals surface area contributed by atoms with Crippen molar-refractivity contribution in [3.63, 3.8) is 0 Å². The minimum Gasteiger partial charge on any atom is -0.493 e. The molecule has 5 heteroatoms. The van der Waals surface area contributed by atoms with Crippen LogP contribution in [0, 0.1) is 0 Å². The fraction of sp³-hybridized carbons (Fsp3) is 0.684. The van der Waals surface area contributed by atoms with Crippen LogP contribution in [-0.2, 0) is 6.42 Å². The largest absolute Gasteiger partial charge is 0.493 e. The SMILES string of the molecule is COc1ccc(CCN2CCNCC2)cc1OC1CCN(C)CC1. The molecule has 0 amide bonds. The van der Waals surface area contributed by atoms with Gasteiger partial charge in [-0.15, -0.1) is 0 Å². The Morgan fingerprint density at radius 2 is 1.83 bits per heavy atom. The van der Waals surface area contributed by atoms with Crippen LogP contribution in [0.3, 0.4) is 0 Å². The lowest BCUT2D eigenvalue weighted by Gasteiger charge is -2.30. The van der Waals surface area contributed by atoms with Gasteiger partial charge < -0.3 is 24.6 Å². The number of hydrogen-bond acceptors (Lipinski definition) is 5. The Kier molecular flexibility index (Phi) is 6.35. The van der Waals surface area contributed by atoms with Crippen LogP contribution >= 0.6 is 0 Å². The van der Waals surface area contributed by atoms with E-state index in [1.807, 2.05) is 0 Å². The minimum atomic E-state index is 0.304. The Balaban J connectivity index is 1.59. The van der Waals surface area contributed by atoms with E-state index < -0.39 is 0 Å². The van der Waals surface area contributed by atoms with Gasteiger partial charge in [-0.3, -0.25) is 0 Å². The predicted octanol–water partition coefficient (Wildman–Crippen LogP) is 1.62. The first-order valence-corrected chi connectivity index (χ1v) is 9.20. The van der Waals surface area contributed by atoms with E-state index in [0.717, 1.165) is 76.6 Å². The van der Waals surface area contributed by atoms with Gasteiger partial charge in [0.1, 0.15) is 6.10 Å². The smallest absolute Gasteiger partial charge is 0.161 e. The number of piperazine rings is 1. The van der Waals surface area contributed by atoms with Gasteiger partial charge in [0, 0.05) is 45.8 Å². The Labute approximate surface area is 145 Å². The number of nitrogens with zero attached hydrogens (tertiary/aromatic N) is 2. The molecule has 0 unspecified atom stereocenters. The van der Waals surface area contributed by atoms with E-state index in [0.29, 0.717) is 6.10 Å². The molecule has 0 atom stereocenters. The van der Waals surface area contributed by atoms with Crippen LogP contribution in [0.4, 0.5) is 0 Å². The van der Waals surface area contributed by atoms with Crippen LogP contribution in [-0.4, -0.2) is 75.9 Å². The van der Waals surface area contributed by atoms with Gasteiger partial charge >= 0.3 is 0 Å². The summed E-state index contributed by atoms with van der Waals surface area (Å²) >= 11 is 0. The first-order chi connectivity index (χ1) is 11.7. The molecule has 0 spiro atoms. The summed E-state index contributed by atoms with van der Waals surface area (Å²) in [7, 11) is 3.89. The molecule has 2 heterocycles. The lowest BCUT2D eigenvalue weighted by Crippen LogP contribution is -2.44. The van der Waals surface area contributed by atoms with Crippen molar-refractivity contribution in [2.75, 3.05) is 60.0 Å². The van der Waals surface area contributed by atoms with Crippen molar-refractivity contribution in [1.29, 1.82) is 0 Å². The van der Waals surface area contributed by atoms with E-state index >= 15 is 0 Å². The zero-order valence-electron chi connectivity index (χ0n) is 15.1.